The molecule has 1 aromatic rings. The first-order valence-corrected chi connectivity index (χ1v) is 5.86. The highest BCUT2D eigenvalue weighted by molar-refractivity contribution is 5.97. The molecule has 1 aromatic carbocycles. The van der Waals surface area contributed by atoms with Gasteiger partial charge in [0.2, 0.25) is 11.8 Å². The zero-order valence-corrected chi connectivity index (χ0v) is 11.9. The lowest BCUT2D eigenvalue weighted by atomic mass is 10.0. The van der Waals surface area contributed by atoms with E-state index in [4.69, 9.17) is 11.5 Å². The van der Waals surface area contributed by atoms with Crippen LogP contribution in [-0.4, -0.2) is 17.9 Å². The molecular formula is C13H20ClN3O2. The molecule has 0 aliphatic rings. The molecule has 0 spiro atoms. The molecule has 0 aromatic heterocycles. The SMILES string of the molecule is CC(C)C[C@H](N)C(=O)Nc1cccc(C(N)=O)c1.Cl. The first kappa shape index (κ1) is 17.4. The van der Waals surface area contributed by atoms with Crippen LogP contribution in [0.25, 0.3) is 0 Å². The molecule has 1 atom stereocenters. The molecule has 0 fully saturated rings. The third-order valence-electron chi connectivity index (χ3n) is 2.48. The number of hydrogen-bond donors (Lipinski definition) is 3. The molecule has 1 rings (SSSR count). The van der Waals surface area contributed by atoms with Crippen LogP contribution in [0, 0.1) is 5.92 Å². The van der Waals surface area contributed by atoms with Crippen molar-refractivity contribution in [3.05, 3.63) is 29.8 Å². The second-order valence-corrected chi connectivity index (χ2v) is 4.67. The van der Waals surface area contributed by atoms with Gasteiger partial charge >= 0.3 is 0 Å². The Hall–Kier alpha value is -1.59. The minimum atomic E-state index is -0.553. The van der Waals surface area contributed by atoms with Gasteiger partial charge in [-0.25, -0.2) is 0 Å². The fourth-order valence-electron chi connectivity index (χ4n) is 1.60. The second-order valence-electron chi connectivity index (χ2n) is 4.67. The number of rotatable bonds is 5. The molecule has 5 N–H and O–H groups in total. The Morgan fingerprint density at radius 1 is 1.32 bits per heavy atom. The van der Waals surface area contributed by atoms with E-state index in [0.717, 1.165) is 0 Å². The fourth-order valence-corrected chi connectivity index (χ4v) is 1.60. The second kappa shape index (κ2) is 7.76. The van der Waals surface area contributed by atoms with Crippen molar-refractivity contribution in [2.75, 3.05) is 5.32 Å². The summed E-state index contributed by atoms with van der Waals surface area (Å²) < 4.78 is 0. The van der Waals surface area contributed by atoms with Crippen LogP contribution in [0.2, 0.25) is 0 Å². The number of halogens is 1. The van der Waals surface area contributed by atoms with Gasteiger partial charge in [-0.05, 0) is 30.5 Å². The number of nitrogens with one attached hydrogen (secondary N) is 1. The highest BCUT2D eigenvalue weighted by atomic mass is 35.5. The minimum absolute atomic E-state index is 0. The van der Waals surface area contributed by atoms with Crippen LogP contribution in [0.5, 0.6) is 0 Å². The van der Waals surface area contributed by atoms with Crippen LogP contribution in [0.4, 0.5) is 5.69 Å². The summed E-state index contributed by atoms with van der Waals surface area (Å²) in [5.74, 6) is -0.439. The van der Waals surface area contributed by atoms with Gasteiger partial charge in [-0.1, -0.05) is 19.9 Å². The molecular weight excluding hydrogens is 266 g/mol. The van der Waals surface area contributed by atoms with Crippen molar-refractivity contribution in [3.63, 3.8) is 0 Å². The number of hydrogen-bond acceptors (Lipinski definition) is 3. The van der Waals surface area contributed by atoms with Crippen molar-refractivity contribution in [2.45, 2.75) is 26.3 Å². The van der Waals surface area contributed by atoms with E-state index in [0.29, 0.717) is 23.6 Å². The van der Waals surface area contributed by atoms with E-state index in [1.165, 1.54) is 6.07 Å². The Morgan fingerprint density at radius 2 is 1.95 bits per heavy atom. The molecule has 0 saturated heterocycles. The largest absolute Gasteiger partial charge is 0.366 e. The van der Waals surface area contributed by atoms with E-state index in [1.807, 2.05) is 13.8 Å². The summed E-state index contributed by atoms with van der Waals surface area (Å²) in [6.45, 7) is 4.00. The third kappa shape index (κ3) is 5.72. The number of anilines is 1. The summed E-state index contributed by atoms with van der Waals surface area (Å²) in [6.07, 6.45) is 0.612. The van der Waals surface area contributed by atoms with Crippen LogP contribution >= 0.6 is 12.4 Å². The average Bonchev–Trinajstić information content (AvgIpc) is 2.28. The summed E-state index contributed by atoms with van der Waals surface area (Å²) in [5, 5.41) is 2.67. The van der Waals surface area contributed by atoms with Gasteiger partial charge in [-0.2, -0.15) is 0 Å². The summed E-state index contributed by atoms with van der Waals surface area (Å²) in [4.78, 5) is 22.8. The minimum Gasteiger partial charge on any atom is -0.366 e. The van der Waals surface area contributed by atoms with E-state index in [-0.39, 0.29) is 18.3 Å². The monoisotopic (exact) mass is 285 g/mol. The molecule has 0 bridgehead atoms. The van der Waals surface area contributed by atoms with Gasteiger partial charge in [-0.15, -0.1) is 12.4 Å². The standard InChI is InChI=1S/C13H19N3O2.ClH/c1-8(2)6-11(14)13(18)16-10-5-3-4-9(7-10)12(15)17;/h3-5,7-8,11H,6,14H2,1-2H3,(H2,15,17)(H,16,18);1H/t11-;/m0./s1. The van der Waals surface area contributed by atoms with E-state index in [9.17, 15) is 9.59 Å². The molecule has 2 amide bonds. The number of benzene rings is 1. The Morgan fingerprint density at radius 3 is 2.47 bits per heavy atom. The first-order chi connectivity index (χ1) is 8.40. The van der Waals surface area contributed by atoms with Gasteiger partial charge in [0.15, 0.2) is 0 Å². The molecule has 0 aliphatic heterocycles. The van der Waals surface area contributed by atoms with Crippen LogP contribution in [0.1, 0.15) is 30.6 Å². The number of carbonyl (C=O) groups excluding carboxylic acids is 2. The summed E-state index contributed by atoms with van der Waals surface area (Å²) in [6, 6.07) is 5.91. The number of carbonyl (C=O) groups is 2. The van der Waals surface area contributed by atoms with Crippen LogP contribution in [0.3, 0.4) is 0 Å². The molecule has 0 saturated carbocycles. The van der Waals surface area contributed by atoms with E-state index in [2.05, 4.69) is 5.32 Å². The highest BCUT2D eigenvalue weighted by Crippen LogP contribution is 2.11. The van der Waals surface area contributed by atoms with Crippen molar-refractivity contribution < 1.29 is 9.59 Å². The van der Waals surface area contributed by atoms with Gasteiger partial charge in [0.1, 0.15) is 0 Å². The molecule has 0 heterocycles. The molecule has 0 aliphatic carbocycles. The molecule has 19 heavy (non-hydrogen) atoms. The lowest BCUT2D eigenvalue weighted by Gasteiger charge is -2.14. The Labute approximate surface area is 119 Å². The summed E-state index contributed by atoms with van der Waals surface area (Å²) in [5.41, 5.74) is 11.8. The maximum Gasteiger partial charge on any atom is 0.248 e. The molecule has 0 unspecified atom stereocenters. The molecule has 6 heteroatoms. The summed E-state index contributed by atoms with van der Waals surface area (Å²) >= 11 is 0. The molecule has 5 nitrogen and oxygen atoms in total. The predicted molar refractivity (Wildman–Crippen MR) is 78.3 cm³/mol. The van der Waals surface area contributed by atoms with E-state index >= 15 is 0 Å². The maximum absolute atomic E-state index is 11.8. The number of nitrogens with two attached hydrogens (primary N) is 2. The average molecular weight is 286 g/mol. The smallest absolute Gasteiger partial charge is 0.248 e. The van der Waals surface area contributed by atoms with Crippen molar-refractivity contribution in [3.8, 4) is 0 Å². The normalized spacial score (nSPS) is 11.6. The molecule has 106 valence electrons. The zero-order chi connectivity index (χ0) is 13.7. The van der Waals surface area contributed by atoms with Gasteiger partial charge in [0.05, 0.1) is 6.04 Å². The summed E-state index contributed by atoms with van der Waals surface area (Å²) in [7, 11) is 0. The van der Waals surface area contributed by atoms with Crippen molar-refractivity contribution in [2.24, 2.45) is 17.4 Å². The van der Waals surface area contributed by atoms with Crippen molar-refractivity contribution in [1.82, 2.24) is 0 Å². The predicted octanol–water partition coefficient (Wildman–Crippen LogP) is 1.52. The van der Waals surface area contributed by atoms with E-state index in [1.54, 1.807) is 18.2 Å². The van der Waals surface area contributed by atoms with Gasteiger partial charge in [0.25, 0.3) is 0 Å². The van der Waals surface area contributed by atoms with Crippen LogP contribution in [0.15, 0.2) is 24.3 Å². The van der Waals surface area contributed by atoms with E-state index < -0.39 is 11.9 Å². The fraction of sp³-hybridized carbons (Fsp3) is 0.385. The van der Waals surface area contributed by atoms with Crippen LogP contribution in [-0.2, 0) is 4.79 Å². The van der Waals surface area contributed by atoms with Gasteiger partial charge in [0, 0.05) is 11.3 Å². The van der Waals surface area contributed by atoms with Gasteiger partial charge < -0.3 is 16.8 Å². The quantitative estimate of drug-likeness (QED) is 0.765. The zero-order valence-electron chi connectivity index (χ0n) is 11.1. The first-order valence-electron chi connectivity index (χ1n) is 5.86. The highest BCUT2D eigenvalue weighted by Gasteiger charge is 2.15. The topological polar surface area (TPSA) is 98.2 Å². The number of amides is 2. The lowest BCUT2D eigenvalue weighted by Crippen LogP contribution is -2.36. The lowest BCUT2D eigenvalue weighted by molar-refractivity contribution is -0.117. The Kier molecular flexibility index (Phi) is 7.11. The molecule has 0 radical (unpaired) electrons. The third-order valence-corrected chi connectivity index (χ3v) is 2.48. The Bertz CT molecular complexity index is 449. The number of primary amides is 1. The van der Waals surface area contributed by atoms with Crippen molar-refractivity contribution >= 4 is 29.9 Å². The van der Waals surface area contributed by atoms with Crippen molar-refractivity contribution in [1.29, 1.82) is 0 Å². The maximum atomic E-state index is 11.8. The van der Waals surface area contributed by atoms with Crippen LogP contribution < -0.4 is 16.8 Å². The Balaban J connectivity index is 0.00000324. The van der Waals surface area contributed by atoms with Gasteiger partial charge in [-0.3, -0.25) is 9.59 Å².